The maximum Gasteiger partial charge on any atom is 0.337 e. The lowest BCUT2D eigenvalue weighted by molar-refractivity contribution is 0.0689. The first-order chi connectivity index (χ1) is 9.04. The summed E-state index contributed by atoms with van der Waals surface area (Å²) in [6, 6.07) is 3.24. The average molecular weight is 262 g/mol. The molecule has 1 fully saturated rings. The molecule has 0 bridgehead atoms. The Morgan fingerprint density at radius 2 is 2.21 bits per heavy atom. The number of carbonyl (C=O) groups excluding carboxylic acids is 1. The number of aromatic nitrogens is 1. The molecule has 102 valence electrons. The normalized spacial score (nSPS) is 18.6. The van der Waals surface area contributed by atoms with Crippen molar-refractivity contribution < 1.29 is 14.7 Å². The fraction of sp³-hybridized carbons (Fsp3) is 0.500. The average Bonchev–Trinajstić information content (AvgIpc) is 2.85. The predicted molar refractivity (Wildman–Crippen MR) is 70.3 cm³/mol. The molecule has 1 unspecified atom stereocenters. The van der Waals surface area contributed by atoms with Gasteiger partial charge < -0.3 is 10.0 Å². The first kappa shape index (κ1) is 13.5. The van der Waals surface area contributed by atoms with E-state index >= 15 is 0 Å². The molecule has 1 amide bonds. The van der Waals surface area contributed by atoms with Crippen LogP contribution in [0.15, 0.2) is 12.1 Å². The lowest BCUT2D eigenvalue weighted by Crippen LogP contribution is -2.35. The van der Waals surface area contributed by atoms with Crippen LogP contribution in [0.5, 0.6) is 0 Å². The first-order valence-electron chi connectivity index (χ1n) is 6.56. The third-order valence-corrected chi connectivity index (χ3v) is 3.64. The van der Waals surface area contributed by atoms with E-state index in [1.807, 2.05) is 4.90 Å². The highest BCUT2D eigenvalue weighted by atomic mass is 16.4. The van der Waals surface area contributed by atoms with Gasteiger partial charge in [0, 0.05) is 12.6 Å². The molecule has 1 aliphatic rings. The molecule has 0 aliphatic carbocycles. The zero-order chi connectivity index (χ0) is 14.0. The molecule has 1 aliphatic heterocycles. The number of aromatic carboxylic acids is 1. The van der Waals surface area contributed by atoms with E-state index in [9.17, 15) is 9.59 Å². The molecule has 0 spiro atoms. The van der Waals surface area contributed by atoms with E-state index in [4.69, 9.17) is 5.11 Å². The third kappa shape index (κ3) is 2.59. The van der Waals surface area contributed by atoms with Crippen LogP contribution in [0, 0.1) is 6.92 Å². The smallest absolute Gasteiger partial charge is 0.337 e. The number of rotatable bonds is 3. The number of carboxylic acids is 1. The van der Waals surface area contributed by atoms with Gasteiger partial charge in [0.05, 0.1) is 11.3 Å². The summed E-state index contributed by atoms with van der Waals surface area (Å²) in [7, 11) is 0. The largest absolute Gasteiger partial charge is 0.478 e. The Morgan fingerprint density at radius 1 is 1.47 bits per heavy atom. The molecule has 1 saturated heterocycles. The molecular formula is C14H18N2O3. The molecule has 1 atom stereocenters. The first-order valence-corrected chi connectivity index (χ1v) is 6.56. The lowest BCUT2D eigenvalue weighted by atomic mass is 10.1. The molecule has 19 heavy (non-hydrogen) atoms. The van der Waals surface area contributed by atoms with Crippen molar-refractivity contribution in [1.82, 2.24) is 9.88 Å². The highest BCUT2D eigenvalue weighted by Gasteiger charge is 2.29. The van der Waals surface area contributed by atoms with Crippen LogP contribution < -0.4 is 0 Å². The van der Waals surface area contributed by atoms with Gasteiger partial charge >= 0.3 is 5.97 Å². The third-order valence-electron chi connectivity index (χ3n) is 3.64. The van der Waals surface area contributed by atoms with Crippen molar-refractivity contribution in [1.29, 1.82) is 0 Å². The Bertz CT molecular complexity index is 513. The van der Waals surface area contributed by atoms with Crippen LogP contribution in [0.1, 0.15) is 52.7 Å². The molecule has 2 rings (SSSR count). The van der Waals surface area contributed by atoms with Gasteiger partial charge in [-0.25, -0.2) is 9.78 Å². The number of hydrogen-bond donors (Lipinski definition) is 1. The second-order valence-electron chi connectivity index (χ2n) is 4.84. The van der Waals surface area contributed by atoms with Gasteiger partial charge in [0.2, 0.25) is 0 Å². The fourth-order valence-corrected chi connectivity index (χ4v) is 2.58. The summed E-state index contributed by atoms with van der Waals surface area (Å²) in [5.74, 6) is -1.11. The maximum absolute atomic E-state index is 12.4. The van der Waals surface area contributed by atoms with Gasteiger partial charge in [-0.15, -0.1) is 0 Å². The molecule has 0 saturated carbocycles. The Kier molecular flexibility index (Phi) is 3.83. The van der Waals surface area contributed by atoms with Crippen molar-refractivity contribution >= 4 is 11.9 Å². The zero-order valence-corrected chi connectivity index (χ0v) is 11.2. The molecule has 1 aromatic heterocycles. The number of aryl methyl sites for hydroxylation is 1. The van der Waals surface area contributed by atoms with E-state index in [2.05, 4.69) is 11.9 Å². The number of likely N-dealkylation sites (tertiary alicyclic amines) is 1. The van der Waals surface area contributed by atoms with Crippen molar-refractivity contribution in [2.45, 2.75) is 39.2 Å². The number of nitrogens with zero attached hydrogens (tertiary/aromatic N) is 2. The standard InChI is InChI=1S/C14H18N2O3/c1-3-10-5-4-8-16(10)13(17)12-7-6-11(14(18)19)9(2)15-12/h6-7,10H,3-5,8H2,1-2H3,(H,18,19). The number of amides is 1. The summed E-state index contributed by atoms with van der Waals surface area (Å²) in [6.45, 7) is 4.45. The minimum absolute atomic E-state index is 0.0932. The van der Waals surface area contributed by atoms with Crippen LogP contribution in [0.4, 0.5) is 0 Å². The van der Waals surface area contributed by atoms with Crippen LogP contribution in [0.25, 0.3) is 0 Å². The van der Waals surface area contributed by atoms with E-state index in [0.29, 0.717) is 11.4 Å². The van der Waals surface area contributed by atoms with Crippen LogP contribution in [0.2, 0.25) is 0 Å². The summed E-state index contributed by atoms with van der Waals surface area (Å²) in [4.78, 5) is 29.3. The molecule has 0 aromatic carbocycles. The summed E-state index contributed by atoms with van der Waals surface area (Å²) >= 11 is 0. The van der Waals surface area contributed by atoms with Crippen molar-refractivity contribution in [2.75, 3.05) is 6.54 Å². The van der Waals surface area contributed by atoms with Crippen LogP contribution in [-0.4, -0.2) is 39.5 Å². The van der Waals surface area contributed by atoms with Gasteiger partial charge in [-0.3, -0.25) is 4.79 Å². The quantitative estimate of drug-likeness (QED) is 0.905. The molecule has 1 aromatic rings. The fourth-order valence-electron chi connectivity index (χ4n) is 2.58. The molecule has 0 radical (unpaired) electrons. The highest BCUT2D eigenvalue weighted by Crippen LogP contribution is 2.22. The van der Waals surface area contributed by atoms with Crippen molar-refractivity contribution in [3.63, 3.8) is 0 Å². The van der Waals surface area contributed by atoms with Crippen LogP contribution in [-0.2, 0) is 0 Å². The summed E-state index contributed by atoms with van der Waals surface area (Å²) in [5, 5.41) is 8.95. The maximum atomic E-state index is 12.4. The van der Waals surface area contributed by atoms with Gasteiger partial charge in [-0.2, -0.15) is 0 Å². The van der Waals surface area contributed by atoms with Gasteiger partial charge in [-0.1, -0.05) is 6.92 Å². The topological polar surface area (TPSA) is 70.5 Å². The van der Waals surface area contributed by atoms with Crippen LogP contribution >= 0.6 is 0 Å². The van der Waals surface area contributed by atoms with Crippen molar-refractivity contribution in [3.05, 3.63) is 29.1 Å². The SMILES string of the molecule is CCC1CCCN1C(=O)c1ccc(C(=O)O)c(C)n1. The van der Waals surface area contributed by atoms with Gasteiger partial charge in [0.1, 0.15) is 5.69 Å². The lowest BCUT2D eigenvalue weighted by Gasteiger charge is -2.23. The molecule has 5 heteroatoms. The number of carbonyl (C=O) groups is 2. The van der Waals surface area contributed by atoms with Gasteiger partial charge in [0.25, 0.3) is 5.91 Å². The monoisotopic (exact) mass is 262 g/mol. The minimum Gasteiger partial charge on any atom is -0.478 e. The summed E-state index contributed by atoms with van der Waals surface area (Å²) in [6.07, 6.45) is 3.00. The molecule has 2 heterocycles. The van der Waals surface area contributed by atoms with Crippen LogP contribution in [0.3, 0.4) is 0 Å². The van der Waals surface area contributed by atoms with Crippen molar-refractivity contribution in [3.8, 4) is 0 Å². The second kappa shape index (κ2) is 5.38. The summed E-state index contributed by atoms with van der Waals surface area (Å²) in [5.41, 5.74) is 0.860. The Labute approximate surface area is 112 Å². The summed E-state index contributed by atoms with van der Waals surface area (Å²) < 4.78 is 0. The van der Waals surface area contributed by atoms with E-state index in [-0.39, 0.29) is 17.5 Å². The second-order valence-corrected chi connectivity index (χ2v) is 4.84. The minimum atomic E-state index is -1.02. The molecule has 1 N–H and O–H groups in total. The van der Waals surface area contributed by atoms with E-state index < -0.39 is 5.97 Å². The van der Waals surface area contributed by atoms with Crippen molar-refractivity contribution in [2.24, 2.45) is 0 Å². The highest BCUT2D eigenvalue weighted by molar-refractivity contribution is 5.94. The predicted octanol–water partition coefficient (Wildman–Crippen LogP) is 2.10. The number of pyridine rings is 1. The molecule has 5 nitrogen and oxygen atoms in total. The van der Waals surface area contributed by atoms with E-state index in [1.165, 1.54) is 12.1 Å². The Morgan fingerprint density at radius 3 is 2.79 bits per heavy atom. The Balaban J connectivity index is 2.25. The molecular weight excluding hydrogens is 244 g/mol. The van der Waals surface area contributed by atoms with Gasteiger partial charge in [-0.05, 0) is 38.3 Å². The van der Waals surface area contributed by atoms with Gasteiger partial charge in [0.15, 0.2) is 0 Å². The van der Waals surface area contributed by atoms with E-state index in [1.54, 1.807) is 6.92 Å². The van der Waals surface area contributed by atoms with E-state index in [0.717, 1.165) is 25.8 Å². The number of hydrogen-bond acceptors (Lipinski definition) is 3. The zero-order valence-electron chi connectivity index (χ0n) is 11.2. The Hall–Kier alpha value is -1.91. The number of carboxylic acid groups (broad SMARTS) is 1.